The third-order valence-electron chi connectivity index (χ3n) is 5.95. The largest absolute Gasteiger partial charge is 0.350 e. The van der Waals surface area contributed by atoms with Gasteiger partial charge in [-0.2, -0.15) is 0 Å². The predicted octanol–water partition coefficient (Wildman–Crippen LogP) is 4.52. The molecule has 2 amide bonds. The zero-order valence-corrected chi connectivity index (χ0v) is 18.4. The molecule has 0 radical (unpaired) electrons. The van der Waals surface area contributed by atoms with Gasteiger partial charge in [0.2, 0.25) is 5.91 Å². The Morgan fingerprint density at radius 2 is 1.83 bits per heavy atom. The van der Waals surface area contributed by atoms with Gasteiger partial charge in [-0.25, -0.2) is 0 Å². The van der Waals surface area contributed by atoms with Crippen LogP contribution >= 0.6 is 23.4 Å². The molecular formula is C23H26ClN3O2S. The number of hydrogen-bond donors (Lipinski definition) is 1. The molecule has 1 aliphatic carbocycles. The number of carbonyl (C=O) groups excluding carboxylic acids is 2. The van der Waals surface area contributed by atoms with Crippen LogP contribution in [0.2, 0.25) is 5.02 Å². The van der Waals surface area contributed by atoms with Crippen LogP contribution in [0.3, 0.4) is 0 Å². The first kappa shape index (κ1) is 21.2. The Bertz CT molecular complexity index is 889. The van der Waals surface area contributed by atoms with E-state index in [1.165, 1.54) is 19.3 Å². The first-order chi connectivity index (χ1) is 14.6. The van der Waals surface area contributed by atoms with Crippen molar-refractivity contribution in [1.29, 1.82) is 0 Å². The molecule has 4 rings (SSSR count). The van der Waals surface area contributed by atoms with Crippen molar-refractivity contribution in [3.05, 3.63) is 64.9 Å². The summed E-state index contributed by atoms with van der Waals surface area (Å²) in [5.41, 5.74) is 1.45. The first-order valence-corrected chi connectivity index (χ1v) is 11.9. The standard InChI is InChI=1S/C23H26ClN3O2S/c24-19-9-5-4-8-18(19)22(29)27-20(15-30-23(27)17-6-2-1-3-7-17)21(28)26-14-16-10-12-25-13-11-16/h4-5,8-13,17,20,23H,1-3,6-7,14-15H2,(H,26,28). The summed E-state index contributed by atoms with van der Waals surface area (Å²) in [4.78, 5) is 32.5. The van der Waals surface area contributed by atoms with Crippen molar-refractivity contribution < 1.29 is 9.59 Å². The third-order valence-corrected chi connectivity index (χ3v) is 7.74. The fraction of sp³-hybridized carbons (Fsp3) is 0.435. The number of thioether (sulfide) groups is 1. The van der Waals surface area contributed by atoms with Crippen molar-refractivity contribution >= 4 is 35.2 Å². The topological polar surface area (TPSA) is 62.3 Å². The van der Waals surface area contributed by atoms with E-state index in [4.69, 9.17) is 11.6 Å². The van der Waals surface area contributed by atoms with Crippen LogP contribution in [0, 0.1) is 5.92 Å². The number of pyridine rings is 1. The van der Waals surface area contributed by atoms with Crippen LogP contribution in [0.25, 0.3) is 0 Å². The lowest BCUT2D eigenvalue weighted by Crippen LogP contribution is -2.51. The minimum atomic E-state index is -0.493. The van der Waals surface area contributed by atoms with Gasteiger partial charge in [0.05, 0.1) is 16.0 Å². The van der Waals surface area contributed by atoms with Crippen LogP contribution < -0.4 is 5.32 Å². The van der Waals surface area contributed by atoms with Crippen molar-refractivity contribution in [2.24, 2.45) is 5.92 Å². The number of rotatable bonds is 5. The number of nitrogens with zero attached hydrogens (tertiary/aromatic N) is 2. The van der Waals surface area contributed by atoms with Crippen LogP contribution in [0.15, 0.2) is 48.8 Å². The number of hydrogen-bond acceptors (Lipinski definition) is 4. The van der Waals surface area contributed by atoms with Gasteiger partial charge in [-0.15, -0.1) is 11.8 Å². The quantitative estimate of drug-likeness (QED) is 0.738. The summed E-state index contributed by atoms with van der Waals surface area (Å²) in [6.07, 6.45) is 9.26. The van der Waals surface area contributed by atoms with Gasteiger partial charge in [-0.1, -0.05) is 43.0 Å². The van der Waals surface area contributed by atoms with E-state index < -0.39 is 6.04 Å². The second-order valence-electron chi connectivity index (χ2n) is 7.90. The van der Waals surface area contributed by atoms with Crippen molar-refractivity contribution in [2.45, 2.75) is 50.1 Å². The fourth-order valence-electron chi connectivity index (χ4n) is 4.35. The van der Waals surface area contributed by atoms with E-state index in [0.29, 0.717) is 28.8 Å². The molecule has 2 fully saturated rings. The molecule has 2 unspecified atom stereocenters. The zero-order chi connectivity index (χ0) is 20.9. The molecule has 2 heterocycles. The number of halogens is 1. The maximum absolute atomic E-state index is 13.5. The van der Waals surface area contributed by atoms with Gasteiger partial charge in [0.1, 0.15) is 6.04 Å². The Morgan fingerprint density at radius 3 is 2.57 bits per heavy atom. The lowest BCUT2D eigenvalue weighted by molar-refractivity contribution is -0.125. The number of amides is 2. The average Bonchev–Trinajstić information content (AvgIpc) is 3.24. The minimum Gasteiger partial charge on any atom is -0.350 e. The molecule has 1 aliphatic heterocycles. The smallest absolute Gasteiger partial charge is 0.256 e. The van der Waals surface area contributed by atoms with E-state index in [0.717, 1.165) is 18.4 Å². The molecular weight excluding hydrogens is 418 g/mol. The predicted molar refractivity (Wildman–Crippen MR) is 120 cm³/mol. The number of benzene rings is 1. The molecule has 1 aromatic carbocycles. The van der Waals surface area contributed by atoms with Gasteiger partial charge in [0.15, 0.2) is 0 Å². The molecule has 1 saturated carbocycles. The van der Waals surface area contributed by atoms with Crippen LogP contribution in [0.5, 0.6) is 0 Å². The Kier molecular flexibility index (Phi) is 6.95. The molecule has 1 N–H and O–H groups in total. The molecule has 0 bridgehead atoms. The molecule has 5 nitrogen and oxygen atoms in total. The fourth-order valence-corrected chi connectivity index (χ4v) is 6.21. The number of aromatic nitrogens is 1. The van der Waals surface area contributed by atoms with Crippen LogP contribution in [0.4, 0.5) is 0 Å². The van der Waals surface area contributed by atoms with Crippen LogP contribution in [-0.2, 0) is 11.3 Å². The minimum absolute atomic E-state index is 0.0192. The summed E-state index contributed by atoms with van der Waals surface area (Å²) in [7, 11) is 0. The molecule has 30 heavy (non-hydrogen) atoms. The maximum atomic E-state index is 13.5. The van der Waals surface area contributed by atoms with Crippen molar-refractivity contribution in [1.82, 2.24) is 15.2 Å². The average molecular weight is 444 g/mol. The van der Waals surface area contributed by atoms with Gasteiger partial charge in [-0.3, -0.25) is 14.6 Å². The third kappa shape index (κ3) is 4.65. The van der Waals surface area contributed by atoms with E-state index in [9.17, 15) is 9.59 Å². The normalized spacial score (nSPS) is 22.1. The molecule has 0 spiro atoms. The van der Waals surface area contributed by atoms with Crippen LogP contribution in [0.1, 0.15) is 48.0 Å². The molecule has 7 heteroatoms. The summed E-state index contributed by atoms with van der Waals surface area (Å²) in [5, 5.41) is 3.46. The van der Waals surface area contributed by atoms with Gasteiger partial charge in [-0.05, 0) is 48.6 Å². The van der Waals surface area contributed by atoms with E-state index in [1.54, 1.807) is 36.3 Å². The molecule has 158 valence electrons. The van der Waals surface area contributed by atoms with E-state index in [1.807, 2.05) is 29.2 Å². The first-order valence-electron chi connectivity index (χ1n) is 10.5. The second-order valence-corrected chi connectivity index (χ2v) is 9.46. The molecule has 2 aliphatic rings. The van der Waals surface area contributed by atoms with E-state index in [-0.39, 0.29) is 17.2 Å². The Balaban J connectivity index is 1.55. The van der Waals surface area contributed by atoms with Crippen molar-refractivity contribution in [3.63, 3.8) is 0 Å². The van der Waals surface area contributed by atoms with Gasteiger partial charge < -0.3 is 10.2 Å². The Labute approximate surface area is 186 Å². The van der Waals surface area contributed by atoms with Crippen LogP contribution in [-0.4, -0.2) is 38.9 Å². The zero-order valence-electron chi connectivity index (χ0n) is 16.8. The molecule has 2 aromatic rings. The van der Waals surface area contributed by atoms with Crippen molar-refractivity contribution in [2.75, 3.05) is 5.75 Å². The summed E-state index contributed by atoms with van der Waals surface area (Å²) < 4.78 is 0. The van der Waals surface area contributed by atoms with Gasteiger partial charge in [0.25, 0.3) is 5.91 Å². The summed E-state index contributed by atoms with van der Waals surface area (Å²) in [6.45, 7) is 0.421. The van der Waals surface area contributed by atoms with Crippen molar-refractivity contribution in [3.8, 4) is 0 Å². The number of carbonyl (C=O) groups is 2. The molecule has 1 aromatic heterocycles. The monoisotopic (exact) mass is 443 g/mol. The van der Waals surface area contributed by atoms with E-state index in [2.05, 4.69) is 10.3 Å². The van der Waals surface area contributed by atoms with Gasteiger partial charge >= 0.3 is 0 Å². The maximum Gasteiger partial charge on any atom is 0.256 e. The summed E-state index contributed by atoms with van der Waals surface area (Å²) in [5.74, 6) is 0.774. The Hall–Kier alpha value is -2.05. The molecule has 1 saturated heterocycles. The SMILES string of the molecule is O=C(NCc1ccncc1)C1CSC(C2CCCCC2)N1C(=O)c1ccccc1Cl. The highest BCUT2D eigenvalue weighted by Gasteiger charge is 2.45. The lowest BCUT2D eigenvalue weighted by Gasteiger charge is -2.35. The highest BCUT2D eigenvalue weighted by molar-refractivity contribution is 8.00. The number of nitrogens with one attached hydrogen (secondary N) is 1. The van der Waals surface area contributed by atoms with Gasteiger partial charge in [0, 0.05) is 24.7 Å². The summed E-state index contributed by atoms with van der Waals surface area (Å²) >= 11 is 8.07. The highest BCUT2D eigenvalue weighted by atomic mass is 35.5. The second kappa shape index (κ2) is 9.84. The lowest BCUT2D eigenvalue weighted by atomic mass is 9.88. The molecule has 2 atom stereocenters. The van der Waals surface area contributed by atoms with E-state index >= 15 is 0 Å². The Morgan fingerprint density at radius 1 is 1.10 bits per heavy atom. The summed E-state index contributed by atoms with van der Waals surface area (Å²) in [6, 6.07) is 10.4. The highest BCUT2D eigenvalue weighted by Crippen LogP contribution is 2.41.